The number of carboxylic acid groups (broad SMARTS) is 1. The number of thioether (sulfide) groups is 1. The van der Waals surface area contributed by atoms with Gasteiger partial charge in [-0.1, -0.05) is 109 Å². The second-order valence-electron chi connectivity index (χ2n) is 8.33. The van der Waals surface area contributed by atoms with Gasteiger partial charge in [0.25, 0.3) is 0 Å². The zero-order valence-electron chi connectivity index (χ0n) is 20.0. The first kappa shape index (κ1) is 25.7. The molecule has 36 heavy (non-hydrogen) atoms. The molecule has 1 aromatic heterocycles. The number of aromatic nitrogens is 2. The van der Waals surface area contributed by atoms with Crippen molar-refractivity contribution < 1.29 is 9.90 Å². The first-order chi connectivity index (χ1) is 17.6. The van der Waals surface area contributed by atoms with E-state index in [1.54, 1.807) is 18.0 Å². The summed E-state index contributed by atoms with van der Waals surface area (Å²) in [6.45, 7) is 2.64. The Kier molecular flexibility index (Phi) is 8.98. The van der Waals surface area contributed by atoms with Gasteiger partial charge in [0.05, 0.1) is 12.3 Å². The Labute approximate surface area is 220 Å². The Morgan fingerprint density at radius 2 is 1.61 bits per heavy atom. The molecule has 0 amide bonds. The fraction of sp³-hybridized carbons (Fsp3) is 0.207. The maximum absolute atomic E-state index is 12.4. The van der Waals surface area contributed by atoms with Gasteiger partial charge < -0.3 is 9.67 Å². The summed E-state index contributed by atoms with van der Waals surface area (Å²) in [6.07, 6.45) is 2.99. The van der Waals surface area contributed by atoms with Gasteiger partial charge in [0.15, 0.2) is 11.2 Å². The van der Waals surface area contributed by atoms with Gasteiger partial charge in [0, 0.05) is 40.2 Å². The number of halogens is 1. The summed E-state index contributed by atoms with van der Waals surface area (Å²) in [5, 5.41) is 11.7. The van der Waals surface area contributed by atoms with E-state index >= 15 is 0 Å². The van der Waals surface area contributed by atoms with Gasteiger partial charge in [-0.15, -0.1) is 0 Å². The standard InChI is InChI=1S/C29H28ClN3O2S/c1-2-17-36-29-31-19-24(33(29)20-23-15-9-10-16-25(23)30)18-26(28(34)35)32-27(21-11-5-3-6-12-21)22-13-7-4-8-14-22/h3-16,19,26H,2,17-18,20H2,1H3,(H,34,35)/t26-/m0/s1. The van der Waals surface area contributed by atoms with Crippen LogP contribution in [-0.2, 0) is 17.8 Å². The fourth-order valence-corrected chi connectivity index (χ4v) is 4.93. The molecule has 4 aromatic rings. The lowest BCUT2D eigenvalue weighted by Crippen LogP contribution is -2.25. The Hall–Kier alpha value is -3.35. The number of carbonyl (C=O) groups is 1. The molecule has 5 nitrogen and oxygen atoms in total. The number of nitrogens with zero attached hydrogens (tertiary/aromatic N) is 3. The molecule has 0 saturated carbocycles. The van der Waals surface area contributed by atoms with Crippen LogP contribution in [-0.4, -0.2) is 38.1 Å². The van der Waals surface area contributed by atoms with Crippen molar-refractivity contribution in [1.82, 2.24) is 9.55 Å². The molecule has 3 aromatic carbocycles. The molecule has 0 aliphatic rings. The lowest BCUT2D eigenvalue weighted by molar-refractivity contribution is -0.138. The smallest absolute Gasteiger partial charge is 0.328 e. The van der Waals surface area contributed by atoms with E-state index in [-0.39, 0.29) is 6.42 Å². The molecule has 0 bridgehead atoms. The zero-order valence-corrected chi connectivity index (χ0v) is 21.6. The molecule has 184 valence electrons. The van der Waals surface area contributed by atoms with Crippen LogP contribution in [0.15, 0.2) is 101 Å². The minimum atomic E-state index is -0.980. The second kappa shape index (κ2) is 12.6. The normalized spacial score (nSPS) is 11.7. The first-order valence-corrected chi connectivity index (χ1v) is 13.2. The van der Waals surface area contributed by atoms with Gasteiger partial charge in [-0.25, -0.2) is 9.78 Å². The number of imidazole rings is 1. The average molecular weight is 518 g/mol. The van der Waals surface area contributed by atoms with Crippen molar-refractivity contribution in [3.05, 3.63) is 119 Å². The SMILES string of the molecule is CCCSc1ncc(C[C@H](N=C(c2ccccc2)c2ccccc2)C(=O)O)n1Cc1ccccc1Cl. The molecular weight excluding hydrogens is 490 g/mol. The van der Waals surface area contributed by atoms with Gasteiger partial charge in [-0.3, -0.25) is 4.99 Å². The van der Waals surface area contributed by atoms with Gasteiger partial charge >= 0.3 is 5.97 Å². The van der Waals surface area contributed by atoms with E-state index in [2.05, 4.69) is 16.5 Å². The molecular formula is C29H28ClN3O2S. The van der Waals surface area contributed by atoms with Crippen LogP contribution in [0.25, 0.3) is 0 Å². The monoisotopic (exact) mass is 517 g/mol. The third-order valence-corrected chi connectivity index (χ3v) is 7.26. The minimum absolute atomic E-state index is 0.211. The van der Waals surface area contributed by atoms with E-state index in [9.17, 15) is 9.90 Å². The molecule has 0 aliphatic heterocycles. The molecule has 1 atom stereocenters. The van der Waals surface area contributed by atoms with Gasteiger partial charge in [-0.05, 0) is 18.1 Å². The van der Waals surface area contributed by atoms with Crippen molar-refractivity contribution in [2.75, 3.05) is 5.75 Å². The molecule has 0 unspecified atom stereocenters. The van der Waals surface area contributed by atoms with Crippen molar-refractivity contribution in [3.63, 3.8) is 0 Å². The van der Waals surface area contributed by atoms with Crippen LogP contribution >= 0.6 is 23.4 Å². The number of rotatable bonds is 11. The molecule has 0 spiro atoms. The van der Waals surface area contributed by atoms with Crippen LogP contribution in [0.4, 0.5) is 0 Å². The molecule has 4 rings (SSSR count). The lowest BCUT2D eigenvalue weighted by atomic mass is 10.0. The summed E-state index contributed by atoms with van der Waals surface area (Å²) in [5.74, 6) is -0.0568. The highest BCUT2D eigenvalue weighted by Crippen LogP contribution is 2.25. The predicted octanol–water partition coefficient (Wildman–Crippen LogP) is 6.62. The van der Waals surface area contributed by atoms with Crippen LogP contribution in [0.2, 0.25) is 5.02 Å². The summed E-state index contributed by atoms with van der Waals surface area (Å²) >= 11 is 8.12. The lowest BCUT2D eigenvalue weighted by Gasteiger charge is -2.16. The molecule has 0 aliphatic carbocycles. The van der Waals surface area contributed by atoms with E-state index < -0.39 is 12.0 Å². The number of aliphatic carboxylic acids is 1. The van der Waals surface area contributed by atoms with Crippen LogP contribution in [0.1, 0.15) is 35.7 Å². The van der Waals surface area contributed by atoms with Gasteiger partial charge in [-0.2, -0.15) is 0 Å². The van der Waals surface area contributed by atoms with E-state index in [0.29, 0.717) is 17.3 Å². The van der Waals surface area contributed by atoms with Gasteiger partial charge in [0.1, 0.15) is 0 Å². The predicted molar refractivity (Wildman–Crippen MR) is 147 cm³/mol. The zero-order chi connectivity index (χ0) is 25.3. The molecule has 1 N–H and O–H groups in total. The number of carboxylic acids is 1. The van der Waals surface area contributed by atoms with E-state index in [1.807, 2.05) is 84.9 Å². The first-order valence-electron chi connectivity index (χ1n) is 11.9. The number of hydrogen-bond donors (Lipinski definition) is 1. The highest BCUT2D eigenvalue weighted by atomic mass is 35.5. The number of hydrogen-bond acceptors (Lipinski definition) is 4. The van der Waals surface area contributed by atoms with E-state index in [1.165, 1.54) is 0 Å². The van der Waals surface area contributed by atoms with Crippen molar-refractivity contribution in [3.8, 4) is 0 Å². The Morgan fingerprint density at radius 3 is 2.19 bits per heavy atom. The van der Waals surface area contributed by atoms with E-state index in [4.69, 9.17) is 16.6 Å². The fourth-order valence-electron chi connectivity index (χ4n) is 3.88. The third-order valence-electron chi connectivity index (χ3n) is 5.69. The third kappa shape index (κ3) is 6.45. The Bertz CT molecular complexity index is 1280. The molecule has 0 saturated heterocycles. The second-order valence-corrected chi connectivity index (χ2v) is 9.80. The van der Waals surface area contributed by atoms with Crippen molar-refractivity contribution in [2.45, 2.75) is 37.5 Å². The highest BCUT2D eigenvalue weighted by Gasteiger charge is 2.23. The van der Waals surface area contributed by atoms with Crippen LogP contribution < -0.4 is 0 Å². The van der Waals surface area contributed by atoms with Crippen LogP contribution in [0, 0.1) is 0 Å². The summed E-state index contributed by atoms with van der Waals surface area (Å²) in [6, 6.07) is 26.1. The van der Waals surface area contributed by atoms with Crippen molar-refractivity contribution in [2.24, 2.45) is 4.99 Å². The van der Waals surface area contributed by atoms with Crippen molar-refractivity contribution >= 4 is 35.0 Å². The maximum atomic E-state index is 12.4. The molecule has 7 heteroatoms. The van der Waals surface area contributed by atoms with Crippen LogP contribution in [0.5, 0.6) is 0 Å². The summed E-state index contributed by atoms with van der Waals surface area (Å²) in [4.78, 5) is 21.9. The number of aliphatic imine (C=N–C) groups is 1. The summed E-state index contributed by atoms with van der Waals surface area (Å²) in [5.41, 5.74) is 4.17. The quantitative estimate of drug-likeness (QED) is 0.179. The maximum Gasteiger partial charge on any atom is 0.328 e. The molecule has 0 fully saturated rings. The minimum Gasteiger partial charge on any atom is -0.480 e. The molecule has 0 radical (unpaired) electrons. The average Bonchev–Trinajstić information content (AvgIpc) is 3.28. The number of benzene rings is 3. The largest absolute Gasteiger partial charge is 0.480 e. The topological polar surface area (TPSA) is 67.5 Å². The summed E-state index contributed by atoms with van der Waals surface area (Å²) in [7, 11) is 0. The van der Waals surface area contributed by atoms with Gasteiger partial charge in [0.2, 0.25) is 0 Å². The van der Waals surface area contributed by atoms with Crippen molar-refractivity contribution in [1.29, 1.82) is 0 Å². The highest BCUT2D eigenvalue weighted by molar-refractivity contribution is 7.99. The van der Waals surface area contributed by atoms with Crippen LogP contribution in [0.3, 0.4) is 0 Å². The van der Waals surface area contributed by atoms with E-state index in [0.717, 1.165) is 39.7 Å². The Morgan fingerprint density at radius 1 is 1.00 bits per heavy atom. The summed E-state index contributed by atoms with van der Waals surface area (Å²) < 4.78 is 2.07. The Balaban J connectivity index is 1.73. The molecule has 1 heterocycles.